The Hall–Kier alpha value is -0.880. The van der Waals surface area contributed by atoms with Crippen molar-refractivity contribution in [2.75, 3.05) is 0 Å². The van der Waals surface area contributed by atoms with Crippen LogP contribution in [0.4, 0.5) is 0 Å². The number of nitrogens with zero attached hydrogens (tertiary/aromatic N) is 2. The number of rotatable bonds is 5. The van der Waals surface area contributed by atoms with Crippen LogP contribution in [0.2, 0.25) is 5.02 Å². The van der Waals surface area contributed by atoms with E-state index in [-0.39, 0.29) is 6.04 Å². The summed E-state index contributed by atoms with van der Waals surface area (Å²) in [7, 11) is 1.91. The lowest BCUT2D eigenvalue weighted by atomic mass is 10.0. The van der Waals surface area contributed by atoms with E-state index in [1.165, 1.54) is 0 Å². The van der Waals surface area contributed by atoms with Gasteiger partial charge in [-0.3, -0.25) is 16.0 Å². The summed E-state index contributed by atoms with van der Waals surface area (Å²) in [5, 5.41) is 5.18. The molecule has 0 bridgehead atoms. The zero-order valence-electron chi connectivity index (χ0n) is 11.5. The largest absolute Gasteiger partial charge is 0.271 e. The Morgan fingerprint density at radius 2 is 2.05 bits per heavy atom. The summed E-state index contributed by atoms with van der Waals surface area (Å²) in [4.78, 5) is 0. The molecule has 2 rings (SSSR count). The van der Waals surface area contributed by atoms with E-state index in [2.05, 4.69) is 26.5 Å². The van der Waals surface area contributed by atoms with Gasteiger partial charge < -0.3 is 0 Å². The second-order valence-corrected chi connectivity index (χ2v) is 5.95. The molecule has 2 aromatic rings. The minimum absolute atomic E-state index is 0.000654. The normalized spacial score (nSPS) is 12.7. The highest BCUT2D eigenvalue weighted by atomic mass is 79.9. The summed E-state index contributed by atoms with van der Waals surface area (Å²) in [6, 6.07) is 8.09. The molecule has 1 atom stereocenters. The Balaban J connectivity index is 2.26. The first kappa shape index (κ1) is 15.5. The fourth-order valence-corrected chi connectivity index (χ4v) is 2.84. The molecule has 1 heterocycles. The molecule has 1 aromatic carbocycles. The molecule has 0 aliphatic rings. The lowest BCUT2D eigenvalue weighted by molar-refractivity contribution is 0.530. The van der Waals surface area contributed by atoms with Crippen LogP contribution in [-0.2, 0) is 19.9 Å². The van der Waals surface area contributed by atoms with Gasteiger partial charge in [-0.15, -0.1) is 0 Å². The molecule has 0 aliphatic heterocycles. The van der Waals surface area contributed by atoms with E-state index in [4.69, 9.17) is 17.4 Å². The van der Waals surface area contributed by atoms with Crippen molar-refractivity contribution in [3.63, 3.8) is 0 Å². The fourth-order valence-electron chi connectivity index (χ4n) is 2.20. The standard InChI is InChI=1S/C14H18BrClN4/c1-3-11-14(16)13(20(2)19-11)8-12(18-17)9-4-6-10(15)7-5-9/h4-7,12,18H,3,8,17H2,1-2H3. The molecular weight excluding hydrogens is 340 g/mol. The van der Waals surface area contributed by atoms with Gasteiger partial charge in [0.25, 0.3) is 0 Å². The molecule has 0 saturated heterocycles. The Morgan fingerprint density at radius 3 is 2.55 bits per heavy atom. The average molecular weight is 358 g/mol. The van der Waals surface area contributed by atoms with Crippen LogP contribution in [0, 0.1) is 0 Å². The third kappa shape index (κ3) is 3.23. The zero-order chi connectivity index (χ0) is 14.7. The van der Waals surface area contributed by atoms with E-state index in [0.29, 0.717) is 6.42 Å². The van der Waals surface area contributed by atoms with E-state index in [1.807, 2.05) is 42.9 Å². The Morgan fingerprint density at radius 1 is 1.40 bits per heavy atom. The van der Waals surface area contributed by atoms with Crippen molar-refractivity contribution in [1.82, 2.24) is 15.2 Å². The van der Waals surface area contributed by atoms with Crippen LogP contribution in [0.15, 0.2) is 28.7 Å². The van der Waals surface area contributed by atoms with Crippen molar-refractivity contribution in [2.45, 2.75) is 25.8 Å². The number of aryl methyl sites for hydroxylation is 2. The highest BCUT2D eigenvalue weighted by Crippen LogP contribution is 2.26. The van der Waals surface area contributed by atoms with Crippen LogP contribution in [0.25, 0.3) is 0 Å². The summed E-state index contributed by atoms with van der Waals surface area (Å²) in [6.07, 6.45) is 1.52. The number of nitrogens with one attached hydrogen (secondary N) is 1. The molecule has 0 spiro atoms. The first-order valence-electron chi connectivity index (χ1n) is 6.48. The topological polar surface area (TPSA) is 55.9 Å². The molecule has 20 heavy (non-hydrogen) atoms. The second kappa shape index (κ2) is 6.72. The summed E-state index contributed by atoms with van der Waals surface area (Å²) < 4.78 is 2.88. The van der Waals surface area contributed by atoms with Crippen molar-refractivity contribution < 1.29 is 0 Å². The van der Waals surface area contributed by atoms with E-state index in [9.17, 15) is 0 Å². The van der Waals surface area contributed by atoms with E-state index >= 15 is 0 Å². The van der Waals surface area contributed by atoms with Crippen molar-refractivity contribution >= 4 is 27.5 Å². The molecular formula is C14H18BrClN4. The van der Waals surface area contributed by atoms with Gasteiger partial charge in [0.05, 0.1) is 22.5 Å². The molecule has 4 nitrogen and oxygen atoms in total. The van der Waals surface area contributed by atoms with Gasteiger partial charge in [0.15, 0.2) is 0 Å². The molecule has 0 aliphatic carbocycles. The van der Waals surface area contributed by atoms with Gasteiger partial charge in [-0.2, -0.15) is 5.10 Å². The van der Waals surface area contributed by atoms with Crippen molar-refractivity contribution in [2.24, 2.45) is 12.9 Å². The molecule has 3 N–H and O–H groups in total. The van der Waals surface area contributed by atoms with Crippen LogP contribution < -0.4 is 11.3 Å². The number of benzene rings is 1. The Kier molecular flexibility index (Phi) is 5.21. The van der Waals surface area contributed by atoms with Crippen molar-refractivity contribution in [3.8, 4) is 0 Å². The molecule has 108 valence electrons. The van der Waals surface area contributed by atoms with Gasteiger partial charge in [0.1, 0.15) is 0 Å². The molecule has 0 amide bonds. The van der Waals surface area contributed by atoms with Crippen LogP contribution in [0.3, 0.4) is 0 Å². The summed E-state index contributed by atoms with van der Waals surface area (Å²) in [5.74, 6) is 5.70. The molecule has 6 heteroatoms. The highest BCUT2D eigenvalue weighted by Gasteiger charge is 2.18. The summed E-state index contributed by atoms with van der Waals surface area (Å²) in [6.45, 7) is 2.05. The highest BCUT2D eigenvalue weighted by molar-refractivity contribution is 9.10. The van der Waals surface area contributed by atoms with E-state index < -0.39 is 0 Å². The van der Waals surface area contributed by atoms with Crippen LogP contribution >= 0.6 is 27.5 Å². The predicted octanol–water partition coefficient (Wildman–Crippen LogP) is 3.15. The van der Waals surface area contributed by atoms with Gasteiger partial charge in [0.2, 0.25) is 0 Å². The average Bonchev–Trinajstić information content (AvgIpc) is 2.72. The molecule has 0 fully saturated rings. The molecule has 1 unspecified atom stereocenters. The fraction of sp³-hybridized carbons (Fsp3) is 0.357. The number of aromatic nitrogens is 2. The summed E-state index contributed by atoms with van der Waals surface area (Å²) in [5.41, 5.74) is 5.89. The number of nitrogens with two attached hydrogens (primary N) is 1. The van der Waals surface area contributed by atoms with Gasteiger partial charge >= 0.3 is 0 Å². The van der Waals surface area contributed by atoms with Crippen molar-refractivity contribution in [3.05, 3.63) is 50.7 Å². The van der Waals surface area contributed by atoms with Crippen LogP contribution in [0.5, 0.6) is 0 Å². The van der Waals surface area contributed by atoms with Crippen molar-refractivity contribution in [1.29, 1.82) is 0 Å². The van der Waals surface area contributed by atoms with Gasteiger partial charge in [0, 0.05) is 17.9 Å². The van der Waals surface area contributed by atoms with E-state index in [1.54, 1.807) is 0 Å². The third-order valence-electron chi connectivity index (χ3n) is 3.37. The van der Waals surface area contributed by atoms with E-state index in [0.717, 1.165) is 32.9 Å². The maximum atomic E-state index is 6.38. The Labute approximate surface area is 132 Å². The lowest BCUT2D eigenvalue weighted by Crippen LogP contribution is -2.30. The summed E-state index contributed by atoms with van der Waals surface area (Å²) >= 11 is 9.82. The number of hydrazine groups is 1. The minimum atomic E-state index is 0.000654. The second-order valence-electron chi connectivity index (χ2n) is 4.66. The quantitative estimate of drug-likeness (QED) is 0.638. The molecule has 0 radical (unpaired) electrons. The Bertz CT molecular complexity index is 580. The number of hydrogen-bond donors (Lipinski definition) is 2. The first-order chi connectivity index (χ1) is 9.56. The first-order valence-corrected chi connectivity index (χ1v) is 7.65. The SMILES string of the molecule is CCc1nn(C)c(CC(NN)c2ccc(Br)cc2)c1Cl. The van der Waals surface area contributed by atoms with Gasteiger partial charge in [-0.1, -0.05) is 46.6 Å². The van der Waals surface area contributed by atoms with Crippen LogP contribution in [-0.4, -0.2) is 9.78 Å². The monoisotopic (exact) mass is 356 g/mol. The number of halogens is 2. The van der Waals surface area contributed by atoms with Gasteiger partial charge in [-0.05, 0) is 24.1 Å². The predicted molar refractivity (Wildman–Crippen MR) is 85.5 cm³/mol. The maximum absolute atomic E-state index is 6.38. The minimum Gasteiger partial charge on any atom is -0.271 e. The van der Waals surface area contributed by atoms with Gasteiger partial charge in [-0.25, -0.2) is 0 Å². The zero-order valence-corrected chi connectivity index (χ0v) is 13.9. The molecule has 1 aromatic heterocycles. The lowest BCUT2D eigenvalue weighted by Gasteiger charge is -2.17. The van der Waals surface area contributed by atoms with Crippen LogP contribution in [0.1, 0.15) is 29.9 Å². The number of hydrogen-bond acceptors (Lipinski definition) is 3. The molecule has 0 saturated carbocycles. The smallest absolute Gasteiger partial charge is 0.0850 e. The third-order valence-corrected chi connectivity index (χ3v) is 4.34. The maximum Gasteiger partial charge on any atom is 0.0850 e.